The Kier molecular flexibility index (Phi) is 4.13. The molecular weight excluding hydrogens is 306 g/mol. The molecule has 0 bridgehead atoms. The molecule has 2 aromatic rings. The molecule has 0 aliphatic rings. The Morgan fingerprint density at radius 3 is 2.48 bits per heavy atom. The molecule has 0 saturated heterocycles. The Labute approximate surface area is 122 Å². The number of halogens is 3. The molecule has 21 heavy (non-hydrogen) atoms. The fourth-order valence-corrected chi connectivity index (χ4v) is 1.80. The Morgan fingerprint density at radius 1 is 1.19 bits per heavy atom. The molecule has 0 aliphatic heterocycles. The zero-order chi connectivity index (χ0) is 15.6. The van der Waals surface area contributed by atoms with Gasteiger partial charge in [-0.05, 0) is 30.3 Å². The van der Waals surface area contributed by atoms with Gasteiger partial charge in [0.15, 0.2) is 0 Å². The lowest BCUT2D eigenvalue weighted by Crippen LogP contribution is -2.12. The van der Waals surface area contributed by atoms with Crippen molar-refractivity contribution in [1.29, 1.82) is 0 Å². The number of nitrogens with zero attached hydrogens (tertiary/aromatic N) is 1. The fourth-order valence-electron chi connectivity index (χ4n) is 1.58. The van der Waals surface area contributed by atoms with E-state index in [0.717, 1.165) is 30.3 Å². The highest BCUT2D eigenvalue weighted by Gasteiger charge is 2.17. The van der Waals surface area contributed by atoms with Crippen molar-refractivity contribution in [3.8, 4) is 0 Å². The first-order valence-electron chi connectivity index (χ1n) is 5.59. The number of nitro benzene ring substituents is 1. The molecule has 0 atom stereocenters. The van der Waals surface area contributed by atoms with E-state index in [1.54, 1.807) is 0 Å². The number of rotatable bonds is 3. The molecule has 2 rings (SSSR count). The molecule has 0 radical (unpaired) electrons. The SMILES string of the molecule is O=C(Nc1ccc(F)cc1Cl)c1ccc([N+](=O)[O-])c(F)c1. The molecule has 0 aliphatic carbocycles. The van der Waals surface area contributed by atoms with E-state index in [1.165, 1.54) is 6.07 Å². The van der Waals surface area contributed by atoms with E-state index in [4.69, 9.17) is 11.6 Å². The first kappa shape index (κ1) is 14.9. The Balaban J connectivity index is 2.24. The summed E-state index contributed by atoms with van der Waals surface area (Å²) in [6.07, 6.45) is 0. The van der Waals surface area contributed by atoms with Crippen LogP contribution in [0.1, 0.15) is 10.4 Å². The monoisotopic (exact) mass is 312 g/mol. The number of hydrogen-bond acceptors (Lipinski definition) is 3. The van der Waals surface area contributed by atoms with Crippen LogP contribution in [-0.2, 0) is 0 Å². The number of carbonyl (C=O) groups is 1. The lowest BCUT2D eigenvalue weighted by Gasteiger charge is -2.07. The van der Waals surface area contributed by atoms with Crippen LogP contribution >= 0.6 is 11.6 Å². The number of nitro groups is 1. The number of benzene rings is 2. The molecule has 5 nitrogen and oxygen atoms in total. The summed E-state index contributed by atoms with van der Waals surface area (Å²) in [6.45, 7) is 0. The van der Waals surface area contributed by atoms with Crippen molar-refractivity contribution in [2.45, 2.75) is 0 Å². The van der Waals surface area contributed by atoms with Gasteiger partial charge in [-0.25, -0.2) is 4.39 Å². The van der Waals surface area contributed by atoms with Gasteiger partial charge in [-0.15, -0.1) is 0 Å². The van der Waals surface area contributed by atoms with Crippen LogP contribution in [-0.4, -0.2) is 10.8 Å². The highest BCUT2D eigenvalue weighted by Crippen LogP contribution is 2.24. The van der Waals surface area contributed by atoms with Crippen molar-refractivity contribution in [1.82, 2.24) is 0 Å². The normalized spacial score (nSPS) is 10.2. The minimum Gasteiger partial charge on any atom is -0.321 e. The minimum atomic E-state index is -1.13. The van der Waals surface area contributed by atoms with Gasteiger partial charge in [0.1, 0.15) is 5.82 Å². The largest absolute Gasteiger partial charge is 0.321 e. The van der Waals surface area contributed by atoms with E-state index in [2.05, 4.69) is 5.32 Å². The van der Waals surface area contributed by atoms with Crippen LogP contribution in [0.3, 0.4) is 0 Å². The second-order valence-electron chi connectivity index (χ2n) is 4.00. The predicted molar refractivity (Wildman–Crippen MR) is 72.4 cm³/mol. The standard InChI is InChI=1S/C13H7ClF2N2O3/c14-9-6-8(15)2-3-11(9)17-13(19)7-1-4-12(18(20)21)10(16)5-7/h1-6H,(H,17,19). The molecule has 8 heteroatoms. The Hall–Kier alpha value is -2.54. The van der Waals surface area contributed by atoms with E-state index in [1.807, 2.05) is 0 Å². The van der Waals surface area contributed by atoms with Gasteiger partial charge in [0, 0.05) is 11.6 Å². The number of nitrogens with one attached hydrogen (secondary N) is 1. The molecule has 0 fully saturated rings. The Morgan fingerprint density at radius 2 is 1.90 bits per heavy atom. The highest BCUT2D eigenvalue weighted by molar-refractivity contribution is 6.33. The van der Waals surface area contributed by atoms with Crippen LogP contribution in [0.15, 0.2) is 36.4 Å². The topological polar surface area (TPSA) is 72.2 Å². The van der Waals surface area contributed by atoms with Gasteiger partial charge in [-0.3, -0.25) is 14.9 Å². The average molecular weight is 313 g/mol. The van der Waals surface area contributed by atoms with E-state index < -0.39 is 28.2 Å². The van der Waals surface area contributed by atoms with Crippen molar-refractivity contribution in [2.24, 2.45) is 0 Å². The number of carbonyl (C=O) groups excluding carboxylic acids is 1. The third-order valence-corrected chi connectivity index (χ3v) is 2.90. The van der Waals surface area contributed by atoms with Gasteiger partial charge in [-0.1, -0.05) is 11.6 Å². The van der Waals surface area contributed by atoms with Crippen LogP contribution in [0.25, 0.3) is 0 Å². The van der Waals surface area contributed by atoms with E-state index in [0.29, 0.717) is 0 Å². The van der Waals surface area contributed by atoms with Gasteiger partial charge in [-0.2, -0.15) is 4.39 Å². The van der Waals surface area contributed by atoms with E-state index in [9.17, 15) is 23.7 Å². The zero-order valence-corrected chi connectivity index (χ0v) is 11.0. The van der Waals surface area contributed by atoms with Crippen LogP contribution in [0.5, 0.6) is 0 Å². The Bertz CT molecular complexity index is 737. The van der Waals surface area contributed by atoms with Crippen molar-refractivity contribution >= 4 is 28.9 Å². The maximum atomic E-state index is 13.4. The van der Waals surface area contributed by atoms with Gasteiger partial charge in [0.25, 0.3) is 5.91 Å². The zero-order valence-electron chi connectivity index (χ0n) is 10.3. The van der Waals surface area contributed by atoms with Crippen molar-refractivity contribution < 1.29 is 18.5 Å². The van der Waals surface area contributed by atoms with Gasteiger partial charge in [0.05, 0.1) is 15.6 Å². The minimum absolute atomic E-state index is 0.0225. The second-order valence-corrected chi connectivity index (χ2v) is 4.41. The lowest BCUT2D eigenvalue weighted by atomic mass is 10.2. The maximum absolute atomic E-state index is 13.4. The molecule has 0 aromatic heterocycles. The van der Waals surface area contributed by atoms with Crippen molar-refractivity contribution in [3.05, 3.63) is 68.7 Å². The number of anilines is 1. The third-order valence-electron chi connectivity index (χ3n) is 2.59. The van der Waals surface area contributed by atoms with Crippen LogP contribution in [0.4, 0.5) is 20.2 Å². The van der Waals surface area contributed by atoms with Crippen molar-refractivity contribution in [3.63, 3.8) is 0 Å². The summed E-state index contributed by atoms with van der Waals surface area (Å²) in [5.74, 6) is -2.42. The maximum Gasteiger partial charge on any atom is 0.304 e. The predicted octanol–water partition coefficient (Wildman–Crippen LogP) is 3.78. The summed E-state index contributed by atoms with van der Waals surface area (Å²) < 4.78 is 26.3. The molecule has 0 unspecified atom stereocenters. The van der Waals surface area contributed by atoms with Crippen LogP contribution in [0.2, 0.25) is 5.02 Å². The summed E-state index contributed by atoms with van der Waals surface area (Å²) >= 11 is 5.74. The molecule has 0 spiro atoms. The molecular formula is C13H7ClF2N2O3. The highest BCUT2D eigenvalue weighted by atomic mass is 35.5. The smallest absolute Gasteiger partial charge is 0.304 e. The van der Waals surface area contributed by atoms with E-state index in [-0.39, 0.29) is 16.3 Å². The number of amides is 1. The molecule has 1 amide bonds. The summed E-state index contributed by atoms with van der Waals surface area (Å²) in [5, 5.41) is 12.8. The summed E-state index contributed by atoms with van der Waals surface area (Å²) in [6, 6.07) is 6.08. The first-order chi connectivity index (χ1) is 9.88. The van der Waals surface area contributed by atoms with E-state index >= 15 is 0 Å². The summed E-state index contributed by atoms with van der Waals surface area (Å²) in [7, 11) is 0. The first-order valence-corrected chi connectivity index (χ1v) is 5.96. The molecule has 1 N–H and O–H groups in total. The third kappa shape index (κ3) is 3.32. The number of hydrogen-bond donors (Lipinski definition) is 1. The quantitative estimate of drug-likeness (QED) is 0.692. The molecule has 108 valence electrons. The molecule has 2 aromatic carbocycles. The summed E-state index contributed by atoms with van der Waals surface area (Å²) in [4.78, 5) is 21.5. The average Bonchev–Trinajstić information content (AvgIpc) is 2.41. The van der Waals surface area contributed by atoms with Crippen LogP contribution in [0, 0.1) is 21.7 Å². The molecule has 0 saturated carbocycles. The lowest BCUT2D eigenvalue weighted by molar-refractivity contribution is -0.387. The summed E-state index contributed by atoms with van der Waals surface area (Å²) in [5.41, 5.74) is -0.716. The van der Waals surface area contributed by atoms with Gasteiger partial charge in [0.2, 0.25) is 5.82 Å². The van der Waals surface area contributed by atoms with Crippen molar-refractivity contribution in [2.75, 3.05) is 5.32 Å². The van der Waals surface area contributed by atoms with Gasteiger partial charge < -0.3 is 5.32 Å². The molecule has 0 heterocycles. The fraction of sp³-hybridized carbons (Fsp3) is 0. The van der Waals surface area contributed by atoms with Gasteiger partial charge >= 0.3 is 5.69 Å². The second kappa shape index (κ2) is 5.84. The van der Waals surface area contributed by atoms with Crippen LogP contribution < -0.4 is 5.32 Å².